The molecule has 7 heteroatoms. The first kappa shape index (κ1) is 12.9. The Hall–Kier alpha value is -2.57. The summed E-state index contributed by atoms with van der Waals surface area (Å²) in [6.07, 6.45) is 1.82. The van der Waals surface area contributed by atoms with Gasteiger partial charge in [0.05, 0.1) is 24.3 Å². The van der Waals surface area contributed by atoms with Crippen LogP contribution >= 0.6 is 0 Å². The van der Waals surface area contributed by atoms with Crippen molar-refractivity contribution in [2.45, 2.75) is 6.54 Å². The molecule has 2 rings (SSSR count). The maximum Gasteiger partial charge on any atom is 0.292 e. The van der Waals surface area contributed by atoms with Crippen molar-refractivity contribution in [2.24, 2.45) is 7.05 Å². The molecule has 1 heterocycles. The molecule has 0 saturated heterocycles. The molecule has 0 radical (unpaired) electrons. The van der Waals surface area contributed by atoms with Crippen LogP contribution in [0.2, 0.25) is 0 Å². The number of ether oxygens (including phenoxy) is 1. The molecule has 2 aromatic rings. The van der Waals surface area contributed by atoms with Crippen molar-refractivity contribution in [3.05, 3.63) is 46.3 Å². The van der Waals surface area contributed by atoms with E-state index in [9.17, 15) is 10.1 Å². The van der Waals surface area contributed by atoms with E-state index in [0.29, 0.717) is 18.0 Å². The molecule has 7 nitrogen and oxygen atoms in total. The number of aryl methyl sites for hydroxylation is 1. The third kappa shape index (κ3) is 3.01. The van der Waals surface area contributed by atoms with Crippen LogP contribution < -0.4 is 10.1 Å². The van der Waals surface area contributed by atoms with E-state index in [0.717, 1.165) is 5.69 Å². The van der Waals surface area contributed by atoms with Crippen LogP contribution in [0.1, 0.15) is 5.69 Å². The molecular formula is C12H14N4O3. The van der Waals surface area contributed by atoms with E-state index >= 15 is 0 Å². The Bertz CT molecular complexity index is 594. The largest absolute Gasteiger partial charge is 0.497 e. The summed E-state index contributed by atoms with van der Waals surface area (Å²) in [6, 6.07) is 6.42. The molecule has 0 amide bonds. The van der Waals surface area contributed by atoms with Gasteiger partial charge in [-0.05, 0) is 12.1 Å². The summed E-state index contributed by atoms with van der Waals surface area (Å²) < 4.78 is 6.74. The Morgan fingerprint density at radius 1 is 1.47 bits per heavy atom. The monoisotopic (exact) mass is 262 g/mol. The van der Waals surface area contributed by atoms with E-state index < -0.39 is 4.92 Å². The zero-order valence-electron chi connectivity index (χ0n) is 10.7. The third-order valence-corrected chi connectivity index (χ3v) is 2.63. The normalized spacial score (nSPS) is 10.2. The maximum absolute atomic E-state index is 10.9. The Morgan fingerprint density at radius 3 is 2.84 bits per heavy atom. The highest BCUT2D eigenvalue weighted by Gasteiger charge is 2.14. The molecule has 0 aliphatic rings. The van der Waals surface area contributed by atoms with Gasteiger partial charge in [0.1, 0.15) is 11.4 Å². The van der Waals surface area contributed by atoms with Gasteiger partial charge in [0.25, 0.3) is 5.69 Å². The fourth-order valence-corrected chi connectivity index (χ4v) is 1.69. The van der Waals surface area contributed by atoms with Gasteiger partial charge in [0.15, 0.2) is 0 Å². The predicted octanol–water partition coefficient (Wildman–Crippen LogP) is 1.95. The molecule has 1 aromatic heterocycles. The number of hydrogen-bond acceptors (Lipinski definition) is 5. The topological polar surface area (TPSA) is 82.2 Å². The minimum Gasteiger partial charge on any atom is -0.497 e. The fraction of sp³-hybridized carbons (Fsp3) is 0.250. The second-order valence-corrected chi connectivity index (χ2v) is 3.97. The van der Waals surface area contributed by atoms with E-state index in [-0.39, 0.29) is 5.69 Å². The van der Waals surface area contributed by atoms with Crippen molar-refractivity contribution in [2.75, 3.05) is 12.4 Å². The minimum atomic E-state index is -0.430. The van der Waals surface area contributed by atoms with Crippen LogP contribution in [0.25, 0.3) is 0 Å². The standard InChI is InChI=1S/C12H14N4O3/c1-15-6-5-9(14-15)8-13-11-7-10(19-2)3-4-12(11)16(17)18/h3-7,13H,8H2,1-2H3. The summed E-state index contributed by atoms with van der Waals surface area (Å²) in [5.74, 6) is 0.564. The molecule has 19 heavy (non-hydrogen) atoms. The van der Waals surface area contributed by atoms with Crippen LogP contribution in [0.3, 0.4) is 0 Å². The molecule has 0 atom stereocenters. The first-order chi connectivity index (χ1) is 9.10. The van der Waals surface area contributed by atoms with E-state index in [2.05, 4.69) is 10.4 Å². The third-order valence-electron chi connectivity index (χ3n) is 2.63. The first-order valence-electron chi connectivity index (χ1n) is 5.65. The molecule has 1 N–H and O–H groups in total. The summed E-state index contributed by atoms with van der Waals surface area (Å²) in [6.45, 7) is 0.412. The Kier molecular flexibility index (Phi) is 3.65. The Balaban J connectivity index is 2.19. The van der Waals surface area contributed by atoms with Gasteiger partial charge in [-0.1, -0.05) is 0 Å². The number of hydrogen-bond donors (Lipinski definition) is 1. The summed E-state index contributed by atoms with van der Waals surface area (Å²) in [5.41, 5.74) is 1.23. The van der Waals surface area contributed by atoms with Gasteiger partial charge in [-0.3, -0.25) is 14.8 Å². The lowest BCUT2D eigenvalue weighted by Crippen LogP contribution is -2.04. The smallest absolute Gasteiger partial charge is 0.292 e. The molecule has 1 aromatic carbocycles. The van der Waals surface area contributed by atoms with Gasteiger partial charge in [0.2, 0.25) is 0 Å². The van der Waals surface area contributed by atoms with E-state index in [4.69, 9.17) is 4.74 Å². The van der Waals surface area contributed by atoms with Crippen LogP contribution in [0.5, 0.6) is 5.75 Å². The predicted molar refractivity (Wildman–Crippen MR) is 70.2 cm³/mol. The highest BCUT2D eigenvalue weighted by atomic mass is 16.6. The Morgan fingerprint density at radius 2 is 2.26 bits per heavy atom. The van der Waals surface area contributed by atoms with Gasteiger partial charge < -0.3 is 10.1 Å². The van der Waals surface area contributed by atoms with Crippen molar-refractivity contribution in [1.29, 1.82) is 0 Å². The molecule has 0 bridgehead atoms. The number of aromatic nitrogens is 2. The average Bonchev–Trinajstić information content (AvgIpc) is 2.81. The van der Waals surface area contributed by atoms with Crippen molar-refractivity contribution in [1.82, 2.24) is 9.78 Å². The number of nitrogens with one attached hydrogen (secondary N) is 1. The van der Waals surface area contributed by atoms with Crippen molar-refractivity contribution in [3.63, 3.8) is 0 Å². The van der Waals surface area contributed by atoms with Crippen molar-refractivity contribution < 1.29 is 9.66 Å². The van der Waals surface area contributed by atoms with E-state index in [1.165, 1.54) is 13.2 Å². The number of nitrogens with zero attached hydrogens (tertiary/aromatic N) is 3. The van der Waals surface area contributed by atoms with Crippen LogP contribution in [0, 0.1) is 10.1 Å². The number of nitro benzene ring substituents is 1. The second-order valence-electron chi connectivity index (χ2n) is 3.97. The average molecular weight is 262 g/mol. The number of benzene rings is 1. The molecule has 0 fully saturated rings. The number of methoxy groups -OCH3 is 1. The molecule has 0 spiro atoms. The lowest BCUT2D eigenvalue weighted by atomic mass is 10.2. The number of anilines is 1. The number of nitro groups is 1. The summed E-state index contributed by atoms with van der Waals surface area (Å²) in [7, 11) is 3.33. The minimum absolute atomic E-state index is 0.0109. The lowest BCUT2D eigenvalue weighted by molar-refractivity contribution is -0.384. The highest BCUT2D eigenvalue weighted by molar-refractivity contribution is 5.64. The second kappa shape index (κ2) is 5.38. The Labute approximate surface area is 110 Å². The van der Waals surface area contributed by atoms with Crippen LogP contribution in [-0.2, 0) is 13.6 Å². The molecule has 0 saturated carbocycles. The number of rotatable bonds is 5. The van der Waals surface area contributed by atoms with Gasteiger partial charge in [-0.2, -0.15) is 5.10 Å². The van der Waals surface area contributed by atoms with Gasteiger partial charge in [-0.15, -0.1) is 0 Å². The molecular weight excluding hydrogens is 248 g/mol. The SMILES string of the molecule is COc1ccc([N+](=O)[O-])c(NCc2ccn(C)n2)c1. The first-order valence-corrected chi connectivity index (χ1v) is 5.65. The quantitative estimate of drug-likeness (QED) is 0.657. The summed E-state index contributed by atoms with van der Waals surface area (Å²) in [4.78, 5) is 10.5. The molecule has 0 unspecified atom stereocenters. The van der Waals surface area contributed by atoms with E-state index in [1.54, 1.807) is 16.8 Å². The lowest BCUT2D eigenvalue weighted by Gasteiger charge is -2.07. The summed E-state index contributed by atoms with van der Waals surface area (Å²) >= 11 is 0. The van der Waals surface area contributed by atoms with Crippen LogP contribution in [0.4, 0.5) is 11.4 Å². The zero-order chi connectivity index (χ0) is 13.8. The van der Waals surface area contributed by atoms with E-state index in [1.807, 2.05) is 19.3 Å². The van der Waals surface area contributed by atoms with Gasteiger partial charge >= 0.3 is 0 Å². The van der Waals surface area contributed by atoms with Crippen LogP contribution in [0.15, 0.2) is 30.5 Å². The van der Waals surface area contributed by atoms with Crippen molar-refractivity contribution in [3.8, 4) is 5.75 Å². The van der Waals surface area contributed by atoms with Crippen LogP contribution in [-0.4, -0.2) is 21.8 Å². The maximum atomic E-state index is 10.9. The van der Waals surface area contributed by atoms with Crippen molar-refractivity contribution >= 4 is 11.4 Å². The molecule has 0 aliphatic carbocycles. The summed E-state index contributed by atoms with van der Waals surface area (Å²) in [5, 5.41) is 18.1. The zero-order valence-corrected chi connectivity index (χ0v) is 10.7. The molecule has 0 aliphatic heterocycles. The molecule has 100 valence electrons. The van der Waals surface area contributed by atoms with Gasteiger partial charge in [-0.25, -0.2) is 0 Å². The fourth-order valence-electron chi connectivity index (χ4n) is 1.69. The highest BCUT2D eigenvalue weighted by Crippen LogP contribution is 2.29. The van der Waals surface area contributed by atoms with Gasteiger partial charge in [0, 0.05) is 25.4 Å².